The second-order valence-electron chi connectivity index (χ2n) is 6.52. The smallest absolute Gasteiger partial charge is 0.407 e. The van der Waals surface area contributed by atoms with E-state index in [1.54, 1.807) is 6.07 Å². The van der Waals surface area contributed by atoms with Crippen LogP contribution >= 0.6 is 0 Å². The second kappa shape index (κ2) is 8.03. The Morgan fingerprint density at radius 3 is 2.64 bits per heavy atom. The van der Waals surface area contributed by atoms with Crippen molar-refractivity contribution in [1.29, 1.82) is 0 Å². The fourth-order valence-corrected chi connectivity index (χ4v) is 2.04. The zero-order valence-corrected chi connectivity index (χ0v) is 14.2. The summed E-state index contributed by atoms with van der Waals surface area (Å²) in [5.74, 6) is 0.303. The molecule has 0 bridgehead atoms. The number of carbonyl (C=O) groups excluding carboxylic acids is 1. The lowest BCUT2D eigenvalue weighted by Gasteiger charge is -2.20. The van der Waals surface area contributed by atoms with Gasteiger partial charge in [-0.25, -0.2) is 4.79 Å². The van der Waals surface area contributed by atoms with Crippen molar-refractivity contribution >= 4 is 6.09 Å². The van der Waals surface area contributed by atoms with Crippen LogP contribution in [0.15, 0.2) is 18.2 Å². The summed E-state index contributed by atoms with van der Waals surface area (Å²) in [6.45, 7) is 10.8. The van der Waals surface area contributed by atoms with Gasteiger partial charge in [-0.1, -0.05) is 17.7 Å². The lowest BCUT2D eigenvalue weighted by Crippen LogP contribution is -2.34. The quantitative estimate of drug-likeness (QED) is 0.705. The molecule has 0 saturated carbocycles. The third-order valence-electron chi connectivity index (χ3n) is 3.12. The van der Waals surface area contributed by atoms with Gasteiger partial charge in [0.15, 0.2) is 0 Å². The number of phenolic OH excluding ortho intramolecular Hbond substituents is 1. The van der Waals surface area contributed by atoms with E-state index in [4.69, 9.17) is 4.74 Å². The summed E-state index contributed by atoms with van der Waals surface area (Å²) in [6, 6.07) is 5.64. The Morgan fingerprint density at radius 1 is 1.32 bits per heavy atom. The van der Waals surface area contributed by atoms with Crippen molar-refractivity contribution in [3.63, 3.8) is 0 Å². The van der Waals surface area contributed by atoms with Crippen molar-refractivity contribution in [1.82, 2.24) is 10.6 Å². The summed E-state index contributed by atoms with van der Waals surface area (Å²) in [4.78, 5) is 11.5. The Hall–Kier alpha value is -1.75. The van der Waals surface area contributed by atoms with Crippen LogP contribution in [0.5, 0.6) is 5.75 Å². The van der Waals surface area contributed by atoms with Crippen molar-refractivity contribution in [2.45, 2.75) is 52.7 Å². The molecule has 0 fully saturated rings. The van der Waals surface area contributed by atoms with Crippen molar-refractivity contribution < 1.29 is 14.6 Å². The van der Waals surface area contributed by atoms with E-state index in [2.05, 4.69) is 10.6 Å². The van der Waals surface area contributed by atoms with E-state index < -0.39 is 11.7 Å². The number of alkyl carbamates (subject to hydrolysis) is 1. The highest BCUT2D eigenvalue weighted by molar-refractivity contribution is 5.67. The van der Waals surface area contributed by atoms with E-state index in [0.29, 0.717) is 12.3 Å². The van der Waals surface area contributed by atoms with Crippen LogP contribution in [-0.4, -0.2) is 29.9 Å². The molecule has 0 heterocycles. The van der Waals surface area contributed by atoms with Crippen LogP contribution in [0.25, 0.3) is 0 Å². The monoisotopic (exact) mass is 308 g/mol. The molecule has 1 rings (SSSR count). The summed E-state index contributed by atoms with van der Waals surface area (Å²) in [5.41, 5.74) is 1.53. The number of benzene rings is 1. The molecule has 0 aliphatic heterocycles. The van der Waals surface area contributed by atoms with Crippen LogP contribution in [0.3, 0.4) is 0 Å². The van der Waals surface area contributed by atoms with Crippen molar-refractivity contribution in [3.05, 3.63) is 29.3 Å². The molecule has 0 radical (unpaired) electrons. The topological polar surface area (TPSA) is 70.6 Å². The number of aryl methyl sites for hydroxylation is 1. The Kier molecular flexibility index (Phi) is 6.68. The maximum Gasteiger partial charge on any atom is 0.407 e. The van der Waals surface area contributed by atoms with E-state index in [1.807, 2.05) is 46.8 Å². The molecule has 0 aliphatic carbocycles. The molecule has 22 heavy (non-hydrogen) atoms. The van der Waals surface area contributed by atoms with Crippen molar-refractivity contribution in [2.75, 3.05) is 13.1 Å². The maximum atomic E-state index is 11.5. The highest BCUT2D eigenvalue weighted by atomic mass is 16.6. The summed E-state index contributed by atoms with van der Waals surface area (Å²) in [6.07, 6.45) is 0.396. The summed E-state index contributed by atoms with van der Waals surface area (Å²) >= 11 is 0. The molecule has 0 aliphatic rings. The fraction of sp³-hybridized carbons (Fsp3) is 0.588. The first kappa shape index (κ1) is 18.3. The minimum absolute atomic E-state index is 0.0569. The van der Waals surface area contributed by atoms with Crippen LogP contribution in [0.4, 0.5) is 4.79 Å². The van der Waals surface area contributed by atoms with Gasteiger partial charge in [-0.3, -0.25) is 0 Å². The van der Waals surface area contributed by atoms with Crippen LogP contribution in [-0.2, 0) is 4.74 Å². The molecule has 0 saturated heterocycles. The zero-order valence-electron chi connectivity index (χ0n) is 14.2. The van der Waals surface area contributed by atoms with Crippen LogP contribution < -0.4 is 10.6 Å². The van der Waals surface area contributed by atoms with Crippen molar-refractivity contribution in [3.8, 4) is 5.75 Å². The summed E-state index contributed by atoms with van der Waals surface area (Å²) < 4.78 is 5.16. The highest BCUT2D eigenvalue weighted by Gasteiger charge is 2.15. The number of hydrogen-bond acceptors (Lipinski definition) is 4. The molecule has 5 nitrogen and oxygen atoms in total. The average Bonchev–Trinajstić information content (AvgIpc) is 2.38. The van der Waals surface area contributed by atoms with Crippen LogP contribution in [0.2, 0.25) is 0 Å². The Morgan fingerprint density at radius 2 is 2.00 bits per heavy atom. The molecular weight excluding hydrogens is 280 g/mol. The van der Waals surface area contributed by atoms with Gasteiger partial charge < -0.3 is 20.5 Å². The van der Waals surface area contributed by atoms with E-state index in [-0.39, 0.29) is 6.04 Å². The highest BCUT2D eigenvalue weighted by Crippen LogP contribution is 2.24. The van der Waals surface area contributed by atoms with Crippen molar-refractivity contribution in [2.24, 2.45) is 0 Å². The van der Waals surface area contributed by atoms with Gasteiger partial charge in [0.25, 0.3) is 0 Å². The summed E-state index contributed by atoms with van der Waals surface area (Å²) in [7, 11) is 0. The number of ether oxygens (including phenoxy) is 1. The minimum Gasteiger partial charge on any atom is -0.508 e. The van der Waals surface area contributed by atoms with Gasteiger partial charge in [0, 0.05) is 18.2 Å². The molecule has 1 aromatic carbocycles. The lowest BCUT2D eigenvalue weighted by molar-refractivity contribution is 0.0527. The largest absolute Gasteiger partial charge is 0.508 e. The minimum atomic E-state index is -0.473. The van der Waals surface area contributed by atoms with Gasteiger partial charge in [0.1, 0.15) is 11.4 Å². The van der Waals surface area contributed by atoms with E-state index in [0.717, 1.165) is 24.1 Å². The fourth-order valence-electron chi connectivity index (χ4n) is 2.04. The standard InChI is InChI=1S/C17H28N2O3/c1-12-7-8-15(20)14(11-12)13(2)18-9-6-10-19-16(21)22-17(3,4)5/h7-8,11,13,18,20H,6,9-10H2,1-5H3,(H,19,21). The molecule has 124 valence electrons. The maximum absolute atomic E-state index is 11.5. The first-order valence-electron chi connectivity index (χ1n) is 7.69. The number of aromatic hydroxyl groups is 1. The molecule has 1 atom stereocenters. The lowest BCUT2D eigenvalue weighted by atomic mass is 10.0. The Balaban J connectivity index is 2.27. The Labute approximate surface area is 133 Å². The van der Waals surface area contributed by atoms with Gasteiger partial charge in [-0.15, -0.1) is 0 Å². The molecular formula is C17H28N2O3. The predicted molar refractivity (Wildman–Crippen MR) is 88.1 cm³/mol. The van der Waals surface area contributed by atoms with E-state index in [9.17, 15) is 9.90 Å². The van der Waals surface area contributed by atoms with Crippen LogP contribution in [0, 0.1) is 6.92 Å². The number of nitrogens with one attached hydrogen (secondary N) is 2. The molecule has 1 amide bonds. The number of phenols is 1. The molecule has 0 spiro atoms. The van der Waals surface area contributed by atoms with E-state index in [1.165, 1.54) is 0 Å². The summed E-state index contributed by atoms with van der Waals surface area (Å²) in [5, 5.41) is 15.9. The van der Waals surface area contributed by atoms with Crippen LogP contribution in [0.1, 0.15) is 51.3 Å². The second-order valence-corrected chi connectivity index (χ2v) is 6.52. The van der Waals surface area contributed by atoms with Gasteiger partial charge in [0.2, 0.25) is 0 Å². The number of hydrogen-bond donors (Lipinski definition) is 3. The molecule has 3 N–H and O–H groups in total. The van der Waals surface area contributed by atoms with Gasteiger partial charge >= 0.3 is 6.09 Å². The molecule has 1 unspecified atom stereocenters. The van der Waals surface area contributed by atoms with Gasteiger partial charge in [-0.05, 0) is 53.7 Å². The number of carbonyl (C=O) groups is 1. The SMILES string of the molecule is Cc1ccc(O)c(C(C)NCCCNC(=O)OC(C)(C)C)c1. The first-order valence-corrected chi connectivity index (χ1v) is 7.69. The third kappa shape index (κ3) is 6.80. The molecule has 1 aromatic rings. The predicted octanol–water partition coefficient (Wildman–Crippen LogP) is 3.27. The first-order chi connectivity index (χ1) is 10.2. The molecule has 5 heteroatoms. The Bertz CT molecular complexity index is 495. The van der Waals surface area contributed by atoms with Gasteiger partial charge in [-0.2, -0.15) is 0 Å². The number of rotatable bonds is 6. The molecule has 0 aromatic heterocycles. The zero-order chi connectivity index (χ0) is 16.8. The third-order valence-corrected chi connectivity index (χ3v) is 3.12. The van der Waals surface area contributed by atoms with E-state index >= 15 is 0 Å². The number of amides is 1. The average molecular weight is 308 g/mol. The normalized spacial score (nSPS) is 12.8. The van der Waals surface area contributed by atoms with Gasteiger partial charge in [0.05, 0.1) is 0 Å².